The van der Waals surface area contributed by atoms with E-state index in [1.165, 1.54) is 6.26 Å². The molecule has 0 atom stereocenters. The van der Waals surface area contributed by atoms with Crippen LogP contribution in [0.25, 0.3) is 11.0 Å². The van der Waals surface area contributed by atoms with Crippen LogP contribution in [-0.4, -0.2) is 35.7 Å². The summed E-state index contributed by atoms with van der Waals surface area (Å²) in [4.78, 5) is 12.2. The van der Waals surface area contributed by atoms with Gasteiger partial charge in [-0.1, -0.05) is 13.0 Å². The second kappa shape index (κ2) is 6.30. The fraction of sp³-hybridized carbons (Fsp3) is 0.400. The van der Waals surface area contributed by atoms with Crippen molar-refractivity contribution in [2.45, 2.75) is 13.3 Å². The highest BCUT2D eigenvalue weighted by molar-refractivity contribution is 7.92. The number of hydrogen-bond donors (Lipinski definition) is 1. The van der Waals surface area contributed by atoms with Crippen LogP contribution in [0.1, 0.15) is 22.8 Å². The molecule has 1 N–H and O–H groups in total. The Balaban J connectivity index is 2.11. The monoisotopic (exact) mass is 308 g/mol. The summed E-state index contributed by atoms with van der Waals surface area (Å²) in [5.41, 5.74) is 2.38. The molecule has 2 rings (SSSR count). The smallest absolute Gasteiger partial charge is 0.255 e. The van der Waals surface area contributed by atoms with Crippen LogP contribution in [0.15, 0.2) is 33.2 Å². The average Bonchev–Trinajstić information content (AvgIpc) is 2.85. The normalized spacial score (nSPS) is 11.6. The van der Waals surface area contributed by atoms with Crippen molar-refractivity contribution < 1.29 is 13.4 Å². The molecule has 2 aromatic rings. The maximum Gasteiger partial charge on any atom is 0.255 e. The Labute approximate surface area is 124 Å². The molecule has 114 valence electrons. The Bertz CT molecular complexity index is 762. The van der Waals surface area contributed by atoms with E-state index in [-0.39, 0.29) is 5.91 Å². The van der Waals surface area contributed by atoms with Crippen molar-refractivity contribution in [3.8, 4) is 0 Å². The molecule has 1 heterocycles. The van der Waals surface area contributed by atoms with E-state index in [1.54, 1.807) is 12.5 Å². The zero-order valence-corrected chi connectivity index (χ0v) is 13.3. The van der Waals surface area contributed by atoms with Gasteiger partial charge in [0.15, 0.2) is 0 Å². The first-order chi connectivity index (χ1) is 9.90. The third-order valence-electron chi connectivity index (χ3n) is 3.09. The number of rotatable bonds is 5. The van der Waals surface area contributed by atoms with Gasteiger partial charge in [0.25, 0.3) is 5.91 Å². The lowest BCUT2D eigenvalue weighted by Crippen LogP contribution is -2.26. The first kappa shape index (κ1) is 15.6. The number of aryl methyl sites for hydroxylation is 1. The van der Waals surface area contributed by atoms with E-state index in [1.807, 2.05) is 18.2 Å². The lowest BCUT2D eigenvalue weighted by atomic mass is 10.1. The minimum atomic E-state index is -2.11. The van der Waals surface area contributed by atoms with E-state index in [2.05, 4.69) is 16.6 Å². The van der Waals surface area contributed by atoms with Gasteiger partial charge in [0, 0.05) is 34.2 Å². The highest BCUT2D eigenvalue weighted by Gasteiger charge is 2.13. The third kappa shape index (κ3) is 4.07. The Morgan fingerprint density at radius 2 is 2.14 bits per heavy atom. The lowest BCUT2D eigenvalue weighted by Gasteiger charge is -2.03. The maximum absolute atomic E-state index is 12.2. The molecule has 0 aliphatic heterocycles. The second-order valence-electron chi connectivity index (χ2n) is 5.12. The standard InChI is InChI=1S/C15H20N2O3S/c1-4-11-5-6-14-12(9-11)13(10-20-14)15(18)16-7-8-17-21(2,3)19/h5-6,9-10H,4,7-8H2,1-3H3,(H,16,18). The van der Waals surface area contributed by atoms with Crippen LogP contribution >= 0.6 is 0 Å². The van der Waals surface area contributed by atoms with Crippen LogP contribution in [-0.2, 0) is 16.1 Å². The maximum atomic E-state index is 12.2. The molecule has 1 aromatic heterocycles. The zero-order chi connectivity index (χ0) is 15.5. The predicted octanol–water partition coefficient (Wildman–Crippen LogP) is 2.45. The van der Waals surface area contributed by atoms with Gasteiger partial charge < -0.3 is 9.73 Å². The van der Waals surface area contributed by atoms with Crippen LogP contribution in [0, 0.1) is 0 Å². The van der Waals surface area contributed by atoms with Gasteiger partial charge in [0.05, 0.1) is 12.1 Å². The van der Waals surface area contributed by atoms with Crippen LogP contribution in [0.2, 0.25) is 0 Å². The van der Waals surface area contributed by atoms with Gasteiger partial charge in [0.2, 0.25) is 0 Å². The molecule has 1 amide bonds. The van der Waals surface area contributed by atoms with Crippen LogP contribution in [0.3, 0.4) is 0 Å². The molecule has 21 heavy (non-hydrogen) atoms. The molecule has 0 radical (unpaired) electrons. The van der Waals surface area contributed by atoms with Crippen LogP contribution in [0.4, 0.5) is 0 Å². The summed E-state index contributed by atoms with van der Waals surface area (Å²) in [7, 11) is -2.11. The molecular formula is C15H20N2O3S. The Hall–Kier alpha value is -1.82. The molecule has 0 spiro atoms. The Kier molecular flexibility index (Phi) is 4.67. The summed E-state index contributed by atoms with van der Waals surface area (Å²) in [6, 6.07) is 5.85. The summed E-state index contributed by atoms with van der Waals surface area (Å²) in [5, 5.41) is 3.59. The van der Waals surface area contributed by atoms with Crippen molar-refractivity contribution in [3.05, 3.63) is 35.6 Å². The first-order valence-electron chi connectivity index (χ1n) is 6.82. The van der Waals surface area contributed by atoms with E-state index in [9.17, 15) is 9.00 Å². The van der Waals surface area contributed by atoms with Gasteiger partial charge in [-0.2, -0.15) is 0 Å². The van der Waals surface area contributed by atoms with Gasteiger partial charge in [-0.15, -0.1) is 0 Å². The molecule has 0 unspecified atom stereocenters. The van der Waals surface area contributed by atoms with E-state index in [4.69, 9.17) is 4.42 Å². The number of nitrogens with one attached hydrogen (secondary N) is 1. The summed E-state index contributed by atoms with van der Waals surface area (Å²) >= 11 is 0. The zero-order valence-electron chi connectivity index (χ0n) is 12.5. The van der Waals surface area contributed by atoms with E-state index < -0.39 is 9.73 Å². The van der Waals surface area contributed by atoms with Crippen molar-refractivity contribution >= 4 is 26.6 Å². The SMILES string of the molecule is CCc1ccc2occ(C(=O)NCCN=S(C)(C)=O)c2c1. The Morgan fingerprint density at radius 1 is 1.38 bits per heavy atom. The van der Waals surface area contributed by atoms with E-state index in [0.717, 1.165) is 17.4 Å². The van der Waals surface area contributed by atoms with Crippen molar-refractivity contribution in [2.75, 3.05) is 25.6 Å². The fourth-order valence-electron chi connectivity index (χ4n) is 2.00. The molecule has 0 saturated carbocycles. The fourth-order valence-corrected chi connectivity index (χ4v) is 2.53. The van der Waals surface area contributed by atoms with Crippen molar-refractivity contribution in [1.82, 2.24) is 5.32 Å². The summed E-state index contributed by atoms with van der Waals surface area (Å²) in [5.74, 6) is -0.198. The van der Waals surface area contributed by atoms with Gasteiger partial charge in [-0.3, -0.25) is 9.00 Å². The largest absolute Gasteiger partial charge is 0.463 e. The molecule has 0 saturated heterocycles. The highest BCUT2D eigenvalue weighted by atomic mass is 32.2. The highest BCUT2D eigenvalue weighted by Crippen LogP contribution is 2.22. The van der Waals surface area contributed by atoms with Crippen LogP contribution in [0.5, 0.6) is 0 Å². The van der Waals surface area contributed by atoms with Crippen molar-refractivity contribution in [2.24, 2.45) is 4.36 Å². The summed E-state index contributed by atoms with van der Waals surface area (Å²) in [6.45, 7) is 2.76. The molecule has 0 aliphatic carbocycles. The molecule has 6 heteroatoms. The predicted molar refractivity (Wildman–Crippen MR) is 85.2 cm³/mol. The third-order valence-corrected chi connectivity index (χ3v) is 3.89. The van der Waals surface area contributed by atoms with Gasteiger partial charge in [-0.05, 0) is 24.1 Å². The molecule has 1 aromatic carbocycles. The lowest BCUT2D eigenvalue weighted by molar-refractivity contribution is 0.0955. The Morgan fingerprint density at radius 3 is 2.81 bits per heavy atom. The minimum absolute atomic E-state index is 0.198. The van der Waals surface area contributed by atoms with Crippen molar-refractivity contribution in [3.63, 3.8) is 0 Å². The van der Waals surface area contributed by atoms with Gasteiger partial charge in [-0.25, -0.2) is 4.36 Å². The number of benzene rings is 1. The number of nitrogens with zero attached hydrogens (tertiary/aromatic N) is 1. The van der Waals surface area contributed by atoms with E-state index in [0.29, 0.717) is 24.2 Å². The number of fused-ring (bicyclic) bond motifs is 1. The number of carbonyl (C=O) groups excluding carboxylic acids is 1. The number of hydrogen-bond acceptors (Lipinski definition) is 4. The second-order valence-corrected chi connectivity index (χ2v) is 7.74. The minimum Gasteiger partial charge on any atom is -0.463 e. The molecule has 5 nitrogen and oxygen atoms in total. The molecule has 0 bridgehead atoms. The molecular weight excluding hydrogens is 288 g/mol. The topological polar surface area (TPSA) is 71.7 Å². The number of furan rings is 1. The number of carbonyl (C=O) groups is 1. The van der Waals surface area contributed by atoms with Gasteiger partial charge in [0.1, 0.15) is 11.8 Å². The van der Waals surface area contributed by atoms with E-state index >= 15 is 0 Å². The van der Waals surface area contributed by atoms with Crippen molar-refractivity contribution in [1.29, 1.82) is 0 Å². The molecule has 0 aliphatic rings. The average molecular weight is 308 g/mol. The van der Waals surface area contributed by atoms with Crippen LogP contribution < -0.4 is 5.32 Å². The quantitative estimate of drug-likeness (QED) is 0.862. The first-order valence-corrected chi connectivity index (χ1v) is 9.15. The summed E-state index contributed by atoms with van der Waals surface area (Å²) in [6.07, 6.45) is 5.52. The molecule has 0 fully saturated rings. The van der Waals surface area contributed by atoms with Gasteiger partial charge >= 0.3 is 0 Å². The number of amides is 1. The summed E-state index contributed by atoms with van der Waals surface area (Å²) < 4.78 is 20.8.